The van der Waals surface area contributed by atoms with Crippen molar-refractivity contribution in [1.29, 1.82) is 0 Å². The van der Waals surface area contributed by atoms with Gasteiger partial charge in [-0.3, -0.25) is 4.98 Å². The third kappa shape index (κ3) is 3.31. The van der Waals surface area contributed by atoms with Crippen molar-refractivity contribution < 1.29 is 0 Å². The molecular weight excluding hydrogens is 208 g/mol. The zero-order valence-electron chi connectivity index (χ0n) is 10.4. The van der Waals surface area contributed by atoms with Gasteiger partial charge in [0.2, 0.25) is 0 Å². The molecular formula is C15H18N2. The van der Waals surface area contributed by atoms with Crippen molar-refractivity contribution in [2.75, 3.05) is 11.9 Å². The number of rotatable bonds is 4. The molecule has 17 heavy (non-hydrogen) atoms. The molecule has 2 nitrogen and oxygen atoms in total. The summed E-state index contributed by atoms with van der Waals surface area (Å²) in [7, 11) is 0. The topological polar surface area (TPSA) is 24.9 Å². The Hall–Kier alpha value is -1.83. The molecule has 0 aliphatic rings. The van der Waals surface area contributed by atoms with E-state index in [1.165, 1.54) is 16.8 Å². The first-order valence-corrected chi connectivity index (χ1v) is 5.97. The van der Waals surface area contributed by atoms with Gasteiger partial charge in [0.05, 0.1) is 0 Å². The maximum Gasteiger partial charge on any atom is 0.0421 e. The number of aryl methyl sites for hydroxylation is 2. The van der Waals surface area contributed by atoms with E-state index in [2.05, 4.69) is 48.4 Å². The number of nitrogens with zero attached hydrogens (tertiary/aromatic N) is 1. The lowest BCUT2D eigenvalue weighted by molar-refractivity contribution is 0.961. The van der Waals surface area contributed by atoms with Crippen molar-refractivity contribution in [2.24, 2.45) is 0 Å². The molecule has 0 fully saturated rings. The van der Waals surface area contributed by atoms with Gasteiger partial charge in [0, 0.05) is 30.5 Å². The zero-order chi connectivity index (χ0) is 12.1. The standard InChI is InChI=1S/C15H18N2/c1-12-6-7-15(11-13(12)2)17-10-8-14-5-3-4-9-16-14/h3-7,9,11,17H,8,10H2,1-2H3. The van der Waals surface area contributed by atoms with E-state index in [1.807, 2.05) is 18.3 Å². The van der Waals surface area contributed by atoms with E-state index in [0.717, 1.165) is 18.7 Å². The Kier molecular flexibility index (Phi) is 3.76. The first kappa shape index (κ1) is 11.6. The van der Waals surface area contributed by atoms with Crippen LogP contribution in [0.25, 0.3) is 0 Å². The average Bonchev–Trinajstić information content (AvgIpc) is 2.35. The molecule has 0 unspecified atom stereocenters. The highest BCUT2D eigenvalue weighted by atomic mass is 14.9. The predicted molar refractivity (Wildman–Crippen MR) is 72.3 cm³/mol. The molecule has 0 saturated heterocycles. The summed E-state index contributed by atoms with van der Waals surface area (Å²) in [5, 5.41) is 3.42. The van der Waals surface area contributed by atoms with E-state index in [-0.39, 0.29) is 0 Å². The van der Waals surface area contributed by atoms with Crippen molar-refractivity contribution in [3.05, 3.63) is 59.4 Å². The summed E-state index contributed by atoms with van der Waals surface area (Å²) in [6.07, 6.45) is 2.79. The molecule has 1 heterocycles. The van der Waals surface area contributed by atoms with Crippen LogP contribution >= 0.6 is 0 Å². The van der Waals surface area contributed by atoms with E-state index >= 15 is 0 Å². The molecule has 0 saturated carbocycles. The lowest BCUT2D eigenvalue weighted by Gasteiger charge is -2.08. The lowest BCUT2D eigenvalue weighted by atomic mass is 10.1. The van der Waals surface area contributed by atoms with E-state index in [9.17, 15) is 0 Å². The van der Waals surface area contributed by atoms with Crippen LogP contribution in [-0.2, 0) is 6.42 Å². The van der Waals surface area contributed by atoms with E-state index in [1.54, 1.807) is 0 Å². The van der Waals surface area contributed by atoms with Crippen LogP contribution in [0.4, 0.5) is 5.69 Å². The van der Waals surface area contributed by atoms with Crippen LogP contribution in [-0.4, -0.2) is 11.5 Å². The van der Waals surface area contributed by atoms with Crippen molar-refractivity contribution in [3.8, 4) is 0 Å². The maximum atomic E-state index is 4.30. The van der Waals surface area contributed by atoms with E-state index < -0.39 is 0 Å². The van der Waals surface area contributed by atoms with Crippen LogP contribution < -0.4 is 5.32 Å². The van der Waals surface area contributed by atoms with Crippen LogP contribution in [0.5, 0.6) is 0 Å². The highest BCUT2D eigenvalue weighted by Gasteiger charge is 1.96. The Bertz CT molecular complexity index is 478. The average molecular weight is 226 g/mol. The largest absolute Gasteiger partial charge is 0.385 e. The van der Waals surface area contributed by atoms with Gasteiger partial charge >= 0.3 is 0 Å². The third-order valence-electron chi connectivity index (χ3n) is 2.94. The zero-order valence-corrected chi connectivity index (χ0v) is 10.4. The van der Waals surface area contributed by atoms with Gasteiger partial charge in [0.25, 0.3) is 0 Å². The number of hydrogen-bond acceptors (Lipinski definition) is 2. The van der Waals surface area contributed by atoms with Crippen molar-refractivity contribution >= 4 is 5.69 Å². The Labute approximate surface area is 103 Å². The highest BCUT2D eigenvalue weighted by Crippen LogP contribution is 2.13. The van der Waals surface area contributed by atoms with Crippen molar-refractivity contribution in [3.63, 3.8) is 0 Å². The van der Waals surface area contributed by atoms with Crippen molar-refractivity contribution in [1.82, 2.24) is 4.98 Å². The molecule has 1 aromatic heterocycles. The molecule has 0 spiro atoms. The number of benzene rings is 1. The van der Waals surface area contributed by atoms with E-state index in [4.69, 9.17) is 0 Å². The van der Waals surface area contributed by atoms with Crippen LogP contribution in [0.2, 0.25) is 0 Å². The number of hydrogen-bond donors (Lipinski definition) is 1. The number of nitrogens with one attached hydrogen (secondary N) is 1. The summed E-state index contributed by atoms with van der Waals surface area (Å²) in [5.74, 6) is 0. The van der Waals surface area contributed by atoms with Gasteiger partial charge in [-0.2, -0.15) is 0 Å². The van der Waals surface area contributed by atoms with Gasteiger partial charge in [0.1, 0.15) is 0 Å². The number of anilines is 1. The normalized spacial score (nSPS) is 10.2. The smallest absolute Gasteiger partial charge is 0.0421 e. The first-order valence-electron chi connectivity index (χ1n) is 5.97. The molecule has 88 valence electrons. The van der Waals surface area contributed by atoms with Gasteiger partial charge in [-0.15, -0.1) is 0 Å². The minimum Gasteiger partial charge on any atom is -0.385 e. The molecule has 0 aliphatic carbocycles. The summed E-state index contributed by atoms with van der Waals surface area (Å²) in [6.45, 7) is 5.19. The molecule has 2 heteroatoms. The van der Waals surface area contributed by atoms with Gasteiger partial charge in [-0.25, -0.2) is 0 Å². The molecule has 1 N–H and O–H groups in total. The van der Waals surface area contributed by atoms with Gasteiger partial charge in [-0.05, 0) is 49.2 Å². The molecule has 2 rings (SSSR count). The number of aromatic nitrogens is 1. The second-order valence-corrected chi connectivity index (χ2v) is 4.30. The molecule has 2 aromatic rings. The van der Waals surface area contributed by atoms with Crippen LogP contribution in [0, 0.1) is 13.8 Å². The Morgan fingerprint density at radius 2 is 1.94 bits per heavy atom. The van der Waals surface area contributed by atoms with Crippen molar-refractivity contribution in [2.45, 2.75) is 20.3 Å². The Morgan fingerprint density at radius 3 is 2.65 bits per heavy atom. The first-order chi connectivity index (χ1) is 8.25. The SMILES string of the molecule is Cc1ccc(NCCc2ccccn2)cc1C. The minimum absolute atomic E-state index is 0.916. The molecule has 0 aliphatic heterocycles. The molecule has 0 bridgehead atoms. The van der Waals surface area contributed by atoms with E-state index in [0.29, 0.717) is 0 Å². The monoisotopic (exact) mass is 226 g/mol. The molecule has 0 radical (unpaired) electrons. The fraction of sp³-hybridized carbons (Fsp3) is 0.267. The minimum atomic E-state index is 0.916. The molecule has 1 aromatic carbocycles. The van der Waals surface area contributed by atoms with Crippen LogP contribution in [0.3, 0.4) is 0 Å². The summed E-state index contributed by atoms with van der Waals surface area (Å²) in [5.41, 5.74) is 4.97. The van der Waals surface area contributed by atoms with Gasteiger partial charge in [-0.1, -0.05) is 12.1 Å². The summed E-state index contributed by atoms with van der Waals surface area (Å²) < 4.78 is 0. The summed E-state index contributed by atoms with van der Waals surface area (Å²) >= 11 is 0. The summed E-state index contributed by atoms with van der Waals surface area (Å²) in [6, 6.07) is 12.5. The predicted octanol–water partition coefficient (Wildman–Crippen LogP) is 3.35. The second kappa shape index (κ2) is 5.48. The molecule has 0 amide bonds. The lowest BCUT2D eigenvalue weighted by Crippen LogP contribution is -2.06. The van der Waals surface area contributed by atoms with Crippen LogP contribution in [0.15, 0.2) is 42.6 Å². The fourth-order valence-corrected chi connectivity index (χ4v) is 1.73. The molecule has 0 atom stereocenters. The number of pyridine rings is 1. The second-order valence-electron chi connectivity index (χ2n) is 4.30. The highest BCUT2D eigenvalue weighted by molar-refractivity contribution is 5.48. The quantitative estimate of drug-likeness (QED) is 0.864. The Morgan fingerprint density at radius 1 is 1.06 bits per heavy atom. The Balaban J connectivity index is 1.88. The maximum absolute atomic E-state index is 4.30. The van der Waals surface area contributed by atoms with Gasteiger partial charge in [0.15, 0.2) is 0 Å². The summed E-state index contributed by atoms with van der Waals surface area (Å²) in [4.78, 5) is 4.30. The third-order valence-corrected chi connectivity index (χ3v) is 2.94. The fourth-order valence-electron chi connectivity index (χ4n) is 1.73. The van der Waals surface area contributed by atoms with Crippen LogP contribution in [0.1, 0.15) is 16.8 Å². The van der Waals surface area contributed by atoms with Gasteiger partial charge < -0.3 is 5.32 Å².